The van der Waals surface area contributed by atoms with Crippen LogP contribution in [0.25, 0.3) is 0 Å². The average Bonchev–Trinajstić information content (AvgIpc) is 2.16. The van der Waals surface area contributed by atoms with Crippen LogP contribution in [0.5, 0.6) is 0 Å². The molecule has 1 aromatic carbocycles. The summed E-state index contributed by atoms with van der Waals surface area (Å²) in [7, 11) is 0. The Hall–Kier alpha value is -1.11. The number of carbonyl (C=O) groups is 1. The number of benzene rings is 1. The second kappa shape index (κ2) is 4.22. The van der Waals surface area contributed by atoms with Gasteiger partial charge in [-0.1, -0.05) is 37.6 Å². The normalized spacial score (nSPS) is 12.5. The van der Waals surface area contributed by atoms with Crippen molar-refractivity contribution in [2.45, 2.75) is 33.1 Å². The van der Waals surface area contributed by atoms with Crippen LogP contribution in [0.3, 0.4) is 0 Å². The molecular formula is C12H16O. The van der Waals surface area contributed by atoms with Crippen molar-refractivity contribution in [1.82, 2.24) is 0 Å². The molecule has 0 bridgehead atoms. The van der Waals surface area contributed by atoms with Gasteiger partial charge < -0.3 is 4.79 Å². The van der Waals surface area contributed by atoms with E-state index < -0.39 is 0 Å². The Morgan fingerprint density at radius 2 is 2.15 bits per heavy atom. The molecule has 0 aliphatic heterocycles. The van der Waals surface area contributed by atoms with Crippen LogP contribution in [0, 0.1) is 6.92 Å². The molecular weight excluding hydrogens is 160 g/mol. The first kappa shape index (κ1) is 9.97. The maximum Gasteiger partial charge on any atom is 0.127 e. The Balaban J connectivity index is 3.12. The summed E-state index contributed by atoms with van der Waals surface area (Å²) < 4.78 is 0. The molecule has 0 fully saturated rings. The molecule has 70 valence electrons. The van der Waals surface area contributed by atoms with Crippen molar-refractivity contribution in [2.24, 2.45) is 0 Å². The Kier molecular flexibility index (Phi) is 3.24. The largest absolute Gasteiger partial charge is 0.303 e. The molecule has 0 N–H and O–H groups in total. The van der Waals surface area contributed by atoms with Gasteiger partial charge in [-0.3, -0.25) is 0 Å². The predicted octanol–water partition coefficient (Wildman–Crippen LogP) is 2.86. The number of rotatable bonds is 3. The zero-order valence-electron chi connectivity index (χ0n) is 8.50. The molecule has 0 saturated carbocycles. The fraction of sp³-hybridized carbons (Fsp3) is 0.417. The van der Waals surface area contributed by atoms with E-state index in [4.69, 9.17) is 0 Å². The highest BCUT2D eigenvalue weighted by Crippen LogP contribution is 2.19. The van der Waals surface area contributed by atoms with Crippen LogP contribution >= 0.6 is 0 Å². The van der Waals surface area contributed by atoms with Crippen molar-refractivity contribution in [3.63, 3.8) is 0 Å². The van der Waals surface area contributed by atoms with E-state index in [0.717, 1.165) is 12.7 Å². The van der Waals surface area contributed by atoms with Crippen LogP contribution in [0.1, 0.15) is 36.5 Å². The number of aldehydes is 1. The molecule has 1 unspecified atom stereocenters. The van der Waals surface area contributed by atoms with E-state index in [9.17, 15) is 4.79 Å². The van der Waals surface area contributed by atoms with Crippen LogP contribution in [0.4, 0.5) is 0 Å². The first-order chi connectivity index (χ1) is 6.19. The van der Waals surface area contributed by atoms with Gasteiger partial charge in [-0.25, -0.2) is 0 Å². The van der Waals surface area contributed by atoms with E-state index in [1.54, 1.807) is 0 Å². The quantitative estimate of drug-likeness (QED) is 0.647. The second-order valence-corrected chi connectivity index (χ2v) is 3.48. The van der Waals surface area contributed by atoms with Gasteiger partial charge in [0.05, 0.1) is 0 Å². The van der Waals surface area contributed by atoms with Crippen molar-refractivity contribution in [3.8, 4) is 0 Å². The van der Waals surface area contributed by atoms with Crippen LogP contribution < -0.4 is 0 Å². The highest BCUT2D eigenvalue weighted by molar-refractivity contribution is 5.62. The lowest BCUT2D eigenvalue weighted by atomic mass is 9.94. The van der Waals surface area contributed by atoms with Crippen molar-refractivity contribution in [3.05, 3.63) is 34.9 Å². The van der Waals surface area contributed by atoms with Crippen LogP contribution in [0.15, 0.2) is 18.2 Å². The lowest BCUT2D eigenvalue weighted by molar-refractivity contribution is -0.108. The summed E-state index contributed by atoms with van der Waals surface area (Å²) in [6, 6.07) is 6.29. The smallest absolute Gasteiger partial charge is 0.127 e. The summed E-state index contributed by atoms with van der Waals surface area (Å²) in [5.74, 6) is 0.0237. The first-order valence-corrected chi connectivity index (χ1v) is 4.73. The molecule has 0 aliphatic rings. The molecule has 1 atom stereocenters. The Morgan fingerprint density at radius 3 is 2.69 bits per heavy atom. The van der Waals surface area contributed by atoms with Crippen molar-refractivity contribution < 1.29 is 4.79 Å². The number of aryl methyl sites for hydroxylation is 2. The van der Waals surface area contributed by atoms with Gasteiger partial charge in [0.15, 0.2) is 0 Å². The van der Waals surface area contributed by atoms with Gasteiger partial charge in [-0.05, 0) is 24.5 Å². The Bertz CT molecular complexity index is 302. The van der Waals surface area contributed by atoms with Crippen LogP contribution in [-0.4, -0.2) is 6.29 Å². The average molecular weight is 176 g/mol. The van der Waals surface area contributed by atoms with E-state index in [-0.39, 0.29) is 5.92 Å². The predicted molar refractivity (Wildman–Crippen MR) is 55.0 cm³/mol. The lowest BCUT2D eigenvalue weighted by Gasteiger charge is -2.10. The summed E-state index contributed by atoms with van der Waals surface area (Å²) >= 11 is 0. The fourth-order valence-electron chi connectivity index (χ4n) is 1.56. The van der Waals surface area contributed by atoms with Gasteiger partial charge in [0.2, 0.25) is 0 Å². The van der Waals surface area contributed by atoms with E-state index in [1.807, 2.05) is 6.92 Å². The lowest BCUT2D eigenvalue weighted by Crippen LogP contribution is -1.99. The molecule has 1 aromatic rings. The van der Waals surface area contributed by atoms with Gasteiger partial charge in [-0.15, -0.1) is 0 Å². The van der Waals surface area contributed by atoms with Crippen LogP contribution in [-0.2, 0) is 11.2 Å². The van der Waals surface area contributed by atoms with E-state index >= 15 is 0 Å². The molecule has 1 nitrogen and oxygen atoms in total. The molecule has 13 heavy (non-hydrogen) atoms. The molecule has 0 heterocycles. The maximum atomic E-state index is 10.7. The van der Waals surface area contributed by atoms with Gasteiger partial charge >= 0.3 is 0 Å². The molecule has 1 heteroatoms. The zero-order chi connectivity index (χ0) is 9.84. The van der Waals surface area contributed by atoms with E-state index in [1.165, 1.54) is 16.7 Å². The van der Waals surface area contributed by atoms with Gasteiger partial charge in [0, 0.05) is 5.92 Å². The van der Waals surface area contributed by atoms with Gasteiger partial charge in [0.25, 0.3) is 0 Å². The number of hydrogen-bond donors (Lipinski definition) is 0. The van der Waals surface area contributed by atoms with Crippen LogP contribution in [0.2, 0.25) is 0 Å². The third kappa shape index (κ3) is 2.18. The minimum absolute atomic E-state index is 0.0237. The van der Waals surface area contributed by atoms with Crippen molar-refractivity contribution in [2.75, 3.05) is 0 Å². The fourth-order valence-corrected chi connectivity index (χ4v) is 1.56. The molecule has 0 aliphatic carbocycles. The molecule has 0 aromatic heterocycles. The second-order valence-electron chi connectivity index (χ2n) is 3.48. The monoisotopic (exact) mass is 176 g/mol. The number of carbonyl (C=O) groups excluding carboxylic acids is 1. The third-order valence-electron chi connectivity index (χ3n) is 2.37. The maximum absolute atomic E-state index is 10.7. The summed E-state index contributed by atoms with van der Waals surface area (Å²) in [5.41, 5.74) is 3.72. The summed E-state index contributed by atoms with van der Waals surface area (Å²) in [6.07, 6.45) is 2.00. The minimum atomic E-state index is 0.0237. The van der Waals surface area contributed by atoms with Crippen molar-refractivity contribution >= 4 is 6.29 Å². The topological polar surface area (TPSA) is 17.1 Å². The van der Waals surface area contributed by atoms with Gasteiger partial charge in [0.1, 0.15) is 6.29 Å². The molecule has 0 radical (unpaired) electrons. The van der Waals surface area contributed by atoms with E-state index in [0.29, 0.717) is 0 Å². The zero-order valence-corrected chi connectivity index (χ0v) is 8.50. The highest BCUT2D eigenvalue weighted by atomic mass is 16.1. The Labute approximate surface area is 79.8 Å². The van der Waals surface area contributed by atoms with Gasteiger partial charge in [-0.2, -0.15) is 0 Å². The molecule has 0 amide bonds. The van der Waals surface area contributed by atoms with Crippen molar-refractivity contribution in [1.29, 1.82) is 0 Å². The summed E-state index contributed by atoms with van der Waals surface area (Å²) in [5, 5.41) is 0. The molecule has 0 spiro atoms. The molecule has 0 saturated heterocycles. The Morgan fingerprint density at radius 1 is 1.46 bits per heavy atom. The highest BCUT2D eigenvalue weighted by Gasteiger charge is 2.07. The van der Waals surface area contributed by atoms with E-state index in [2.05, 4.69) is 32.0 Å². The summed E-state index contributed by atoms with van der Waals surface area (Å²) in [6.45, 7) is 6.14. The number of hydrogen-bond acceptors (Lipinski definition) is 1. The SMILES string of the molecule is CCc1cc(C)ccc1C(C)C=O. The summed E-state index contributed by atoms with van der Waals surface area (Å²) in [4.78, 5) is 10.7. The molecule has 1 rings (SSSR count). The first-order valence-electron chi connectivity index (χ1n) is 4.73. The minimum Gasteiger partial charge on any atom is -0.303 e. The standard InChI is InChI=1S/C12H16O/c1-4-11-7-9(2)5-6-12(11)10(3)8-13/h5-8,10H,4H2,1-3H3. The third-order valence-corrected chi connectivity index (χ3v) is 2.37.